The SMILES string of the molecule is CCn1c(SCC(=O)NC(C)c2ccc(-c3ccccc3)cc2)nnc1-c1cccs1. The number of carbonyl (C=O) groups excluding carboxylic acids is 1. The summed E-state index contributed by atoms with van der Waals surface area (Å²) in [5.41, 5.74) is 3.43. The Balaban J connectivity index is 1.35. The van der Waals surface area contributed by atoms with E-state index in [1.54, 1.807) is 11.3 Å². The molecule has 0 bridgehead atoms. The predicted molar refractivity (Wildman–Crippen MR) is 128 cm³/mol. The third-order valence-corrected chi connectivity index (χ3v) is 6.83. The molecule has 0 spiro atoms. The second-order valence-corrected chi connectivity index (χ2v) is 8.98. The van der Waals surface area contributed by atoms with Crippen molar-refractivity contribution in [2.75, 3.05) is 5.75 Å². The van der Waals surface area contributed by atoms with Gasteiger partial charge in [-0.25, -0.2) is 0 Å². The number of amides is 1. The standard InChI is InChI=1S/C24H24N4OS2/c1-3-28-23(21-10-7-15-30-21)26-27-24(28)31-16-22(29)25-17(2)18-11-13-20(14-12-18)19-8-5-4-6-9-19/h4-15,17H,3,16H2,1-2H3,(H,25,29). The molecule has 0 fully saturated rings. The number of nitrogens with one attached hydrogen (secondary N) is 1. The second kappa shape index (κ2) is 9.94. The molecular weight excluding hydrogens is 424 g/mol. The zero-order chi connectivity index (χ0) is 21.6. The number of aromatic nitrogens is 3. The lowest BCUT2D eigenvalue weighted by Gasteiger charge is -2.15. The van der Waals surface area contributed by atoms with Gasteiger partial charge in [-0.2, -0.15) is 0 Å². The van der Waals surface area contributed by atoms with Crippen molar-refractivity contribution in [3.8, 4) is 21.8 Å². The summed E-state index contributed by atoms with van der Waals surface area (Å²) in [5.74, 6) is 1.13. The van der Waals surface area contributed by atoms with Crippen molar-refractivity contribution < 1.29 is 4.79 Å². The molecule has 0 radical (unpaired) electrons. The van der Waals surface area contributed by atoms with Crippen LogP contribution < -0.4 is 5.32 Å². The highest BCUT2D eigenvalue weighted by molar-refractivity contribution is 7.99. The van der Waals surface area contributed by atoms with Crippen LogP contribution in [0.25, 0.3) is 21.8 Å². The molecule has 1 atom stereocenters. The lowest BCUT2D eigenvalue weighted by atomic mass is 10.0. The molecule has 158 valence electrons. The fourth-order valence-electron chi connectivity index (χ4n) is 3.36. The summed E-state index contributed by atoms with van der Waals surface area (Å²) in [5, 5.41) is 14.5. The van der Waals surface area contributed by atoms with Crippen molar-refractivity contribution in [1.82, 2.24) is 20.1 Å². The molecular formula is C24H24N4OS2. The Hall–Kier alpha value is -2.90. The largest absolute Gasteiger partial charge is 0.349 e. The molecule has 0 saturated carbocycles. The molecule has 2 heterocycles. The number of carbonyl (C=O) groups is 1. The molecule has 2 aromatic heterocycles. The van der Waals surface area contributed by atoms with E-state index in [0.29, 0.717) is 5.75 Å². The van der Waals surface area contributed by atoms with E-state index in [9.17, 15) is 4.79 Å². The van der Waals surface area contributed by atoms with Crippen LogP contribution in [0.4, 0.5) is 0 Å². The molecule has 0 aliphatic carbocycles. The molecule has 1 N–H and O–H groups in total. The minimum absolute atomic E-state index is 0.0204. The van der Waals surface area contributed by atoms with Gasteiger partial charge in [0, 0.05) is 6.54 Å². The summed E-state index contributed by atoms with van der Waals surface area (Å²) in [6, 6.07) is 22.6. The fourth-order valence-corrected chi connectivity index (χ4v) is 4.89. The van der Waals surface area contributed by atoms with Gasteiger partial charge in [-0.1, -0.05) is 72.4 Å². The minimum Gasteiger partial charge on any atom is -0.349 e. The fraction of sp³-hybridized carbons (Fsp3) is 0.208. The van der Waals surface area contributed by atoms with Crippen molar-refractivity contribution >= 4 is 29.0 Å². The molecule has 0 aliphatic heterocycles. The van der Waals surface area contributed by atoms with Gasteiger partial charge in [-0.05, 0) is 42.0 Å². The van der Waals surface area contributed by atoms with Crippen molar-refractivity contribution in [2.24, 2.45) is 0 Å². The van der Waals surface area contributed by atoms with E-state index >= 15 is 0 Å². The normalized spacial score (nSPS) is 11.9. The number of hydrogen-bond acceptors (Lipinski definition) is 5. The third kappa shape index (κ3) is 5.06. The first-order chi connectivity index (χ1) is 15.2. The van der Waals surface area contributed by atoms with Gasteiger partial charge in [0.15, 0.2) is 11.0 Å². The van der Waals surface area contributed by atoms with Gasteiger partial charge in [0.05, 0.1) is 16.7 Å². The maximum atomic E-state index is 12.5. The Morgan fingerprint density at radius 3 is 2.45 bits per heavy atom. The van der Waals surface area contributed by atoms with Crippen LogP contribution in [0.3, 0.4) is 0 Å². The summed E-state index contributed by atoms with van der Waals surface area (Å²) < 4.78 is 2.05. The molecule has 1 unspecified atom stereocenters. The number of benzene rings is 2. The van der Waals surface area contributed by atoms with Crippen molar-refractivity contribution in [3.05, 3.63) is 77.7 Å². The predicted octanol–water partition coefficient (Wildman–Crippen LogP) is 5.66. The molecule has 7 heteroatoms. The summed E-state index contributed by atoms with van der Waals surface area (Å²) in [6.45, 7) is 4.82. The Bertz CT molecular complexity index is 1120. The molecule has 1 amide bonds. The summed E-state index contributed by atoms with van der Waals surface area (Å²) >= 11 is 3.05. The monoisotopic (exact) mass is 448 g/mol. The summed E-state index contributed by atoms with van der Waals surface area (Å²) in [7, 11) is 0. The summed E-state index contributed by atoms with van der Waals surface area (Å²) in [4.78, 5) is 13.6. The van der Waals surface area contributed by atoms with E-state index in [2.05, 4.69) is 63.4 Å². The van der Waals surface area contributed by atoms with Gasteiger partial charge < -0.3 is 9.88 Å². The Labute approximate surface area is 190 Å². The first kappa shape index (κ1) is 21.3. The smallest absolute Gasteiger partial charge is 0.230 e. The van der Waals surface area contributed by atoms with Crippen LogP contribution in [0.5, 0.6) is 0 Å². The van der Waals surface area contributed by atoms with Gasteiger partial charge >= 0.3 is 0 Å². The molecule has 2 aromatic carbocycles. The lowest BCUT2D eigenvalue weighted by Crippen LogP contribution is -2.28. The highest BCUT2D eigenvalue weighted by Crippen LogP contribution is 2.27. The quantitative estimate of drug-likeness (QED) is 0.353. The molecule has 4 rings (SSSR count). The first-order valence-electron chi connectivity index (χ1n) is 10.2. The van der Waals surface area contributed by atoms with Gasteiger partial charge in [0.1, 0.15) is 0 Å². The van der Waals surface area contributed by atoms with Gasteiger partial charge in [0.25, 0.3) is 0 Å². The highest BCUT2D eigenvalue weighted by atomic mass is 32.2. The Morgan fingerprint density at radius 1 is 1.03 bits per heavy atom. The first-order valence-corrected chi connectivity index (χ1v) is 12.1. The molecule has 4 aromatic rings. The number of nitrogens with zero attached hydrogens (tertiary/aromatic N) is 3. The zero-order valence-electron chi connectivity index (χ0n) is 17.5. The second-order valence-electron chi connectivity index (χ2n) is 7.09. The number of thioether (sulfide) groups is 1. The molecule has 31 heavy (non-hydrogen) atoms. The maximum Gasteiger partial charge on any atom is 0.230 e. The molecule has 0 aliphatic rings. The average Bonchev–Trinajstić information content (AvgIpc) is 3.48. The Kier molecular flexibility index (Phi) is 6.84. The van der Waals surface area contributed by atoms with Crippen LogP contribution in [0.2, 0.25) is 0 Å². The highest BCUT2D eigenvalue weighted by Gasteiger charge is 2.16. The van der Waals surface area contributed by atoms with Crippen LogP contribution in [0, 0.1) is 0 Å². The van der Waals surface area contributed by atoms with E-state index in [1.165, 1.54) is 22.9 Å². The number of hydrogen-bond donors (Lipinski definition) is 1. The van der Waals surface area contributed by atoms with Crippen molar-refractivity contribution in [3.63, 3.8) is 0 Å². The van der Waals surface area contributed by atoms with E-state index in [-0.39, 0.29) is 11.9 Å². The van der Waals surface area contributed by atoms with E-state index in [0.717, 1.165) is 28.0 Å². The lowest BCUT2D eigenvalue weighted by molar-refractivity contribution is -0.119. The van der Waals surface area contributed by atoms with Gasteiger partial charge in [-0.15, -0.1) is 21.5 Å². The number of thiophene rings is 1. The molecule has 0 saturated heterocycles. The molecule has 5 nitrogen and oxygen atoms in total. The van der Waals surface area contributed by atoms with Crippen molar-refractivity contribution in [2.45, 2.75) is 31.6 Å². The van der Waals surface area contributed by atoms with Crippen LogP contribution in [-0.4, -0.2) is 26.4 Å². The van der Waals surface area contributed by atoms with E-state index in [1.807, 2.05) is 42.6 Å². The van der Waals surface area contributed by atoms with E-state index in [4.69, 9.17) is 0 Å². The minimum atomic E-state index is -0.0661. The van der Waals surface area contributed by atoms with Crippen LogP contribution in [-0.2, 0) is 11.3 Å². The zero-order valence-corrected chi connectivity index (χ0v) is 19.1. The van der Waals surface area contributed by atoms with Crippen LogP contribution in [0.15, 0.2) is 77.3 Å². The number of rotatable bonds is 8. The van der Waals surface area contributed by atoms with Gasteiger partial charge in [0.2, 0.25) is 5.91 Å². The van der Waals surface area contributed by atoms with Crippen LogP contribution >= 0.6 is 23.1 Å². The van der Waals surface area contributed by atoms with Gasteiger partial charge in [-0.3, -0.25) is 4.79 Å². The van der Waals surface area contributed by atoms with E-state index < -0.39 is 0 Å². The average molecular weight is 449 g/mol. The Morgan fingerprint density at radius 2 is 1.77 bits per heavy atom. The summed E-state index contributed by atoms with van der Waals surface area (Å²) in [6.07, 6.45) is 0. The maximum absolute atomic E-state index is 12.5. The topological polar surface area (TPSA) is 59.8 Å². The van der Waals surface area contributed by atoms with Crippen LogP contribution in [0.1, 0.15) is 25.5 Å². The van der Waals surface area contributed by atoms with Crippen molar-refractivity contribution in [1.29, 1.82) is 0 Å². The third-order valence-electron chi connectivity index (χ3n) is 5.00.